The van der Waals surface area contributed by atoms with Crippen LogP contribution >= 0.6 is 0 Å². The van der Waals surface area contributed by atoms with Crippen LogP contribution in [0.4, 0.5) is 0 Å². The molecule has 4 nitrogen and oxygen atoms in total. The van der Waals surface area contributed by atoms with Crippen LogP contribution in [0.1, 0.15) is 11.1 Å². The first-order chi connectivity index (χ1) is 20.7. The molecule has 42 heavy (non-hydrogen) atoms. The highest BCUT2D eigenvalue weighted by molar-refractivity contribution is 6.11. The standard InChI is InChI=1S/C38H22N4/c39-23-25-16-18-37(42-35-14-5-1-10-29(35)30-11-2-6-15-36(30)42)32(20-25)27-8-7-9-28(22-27)41-34-13-4-3-12-31(34)33-21-26(24-40)17-19-38(33)41/h1-22H. The van der Waals surface area contributed by atoms with E-state index in [9.17, 15) is 10.5 Å². The van der Waals surface area contributed by atoms with Crippen molar-refractivity contribution in [2.24, 2.45) is 0 Å². The Bertz CT molecular complexity index is 2390. The van der Waals surface area contributed by atoms with Crippen molar-refractivity contribution in [3.8, 4) is 34.6 Å². The fraction of sp³-hybridized carbons (Fsp3) is 0. The van der Waals surface area contributed by atoms with Gasteiger partial charge in [-0.2, -0.15) is 10.5 Å². The van der Waals surface area contributed by atoms with Gasteiger partial charge >= 0.3 is 0 Å². The Kier molecular flexibility index (Phi) is 5.22. The van der Waals surface area contributed by atoms with Crippen LogP contribution in [0.5, 0.6) is 0 Å². The average molecular weight is 535 g/mol. The summed E-state index contributed by atoms with van der Waals surface area (Å²) >= 11 is 0. The zero-order valence-electron chi connectivity index (χ0n) is 22.5. The van der Waals surface area contributed by atoms with Crippen molar-refractivity contribution in [1.82, 2.24) is 9.13 Å². The van der Waals surface area contributed by atoms with Crippen molar-refractivity contribution in [3.05, 3.63) is 145 Å². The summed E-state index contributed by atoms with van der Waals surface area (Å²) in [4.78, 5) is 0. The molecule has 8 rings (SSSR count). The fourth-order valence-electron chi connectivity index (χ4n) is 6.35. The molecule has 0 aliphatic carbocycles. The Morgan fingerprint density at radius 2 is 0.976 bits per heavy atom. The van der Waals surface area contributed by atoms with Crippen molar-refractivity contribution in [2.45, 2.75) is 0 Å². The van der Waals surface area contributed by atoms with Crippen LogP contribution in [-0.4, -0.2) is 9.13 Å². The highest BCUT2D eigenvalue weighted by atomic mass is 15.0. The topological polar surface area (TPSA) is 57.4 Å². The smallest absolute Gasteiger partial charge is 0.0991 e. The van der Waals surface area contributed by atoms with E-state index in [4.69, 9.17) is 0 Å². The zero-order valence-corrected chi connectivity index (χ0v) is 22.5. The van der Waals surface area contributed by atoms with Crippen LogP contribution in [0, 0.1) is 22.7 Å². The van der Waals surface area contributed by atoms with Crippen molar-refractivity contribution in [3.63, 3.8) is 0 Å². The molecule has 194 valence electrons. The number of rotatable bonds is 3. The lowest BCUT2D eigenvalue weighted by Crippen LogP contribution is -1.99. The molecule has 0 aliphatic rings. The predicted molar refractivity (Wildman–Crippen MR) is 170 cm³/mol. The van der Waals surface area contributed by atoms with E-state index in [1.165, 1.54) is 10.8 Å². The lowest BCUT2D eigenvalue weighted by atomic mass is 10.00. The number of para-hydroxylation sites is 3. The van der Waals surface area contributed by atoms with E-state index < -0.39 is 0 Å². The van der Waals surface area contributed by atoms with E-state index in [1.807, 2.05) is 42.5 Å². The zero-order chi connectivity index (χ0) is 28.2. The molecule has 8 aromatic rings. The molecule has 0 saturated carbocycles. The van der Waals surface area contributed by atoms with Gasteiger partial charge in [0, 0.05) is 32.8 Å². The monoisotopic (exact) mass is 534 g/mol. The summed E-state index contributed by atoms with van der Waals surface area (Å²) in [5, 5.41) is 24.0. The number of aromatic nitrogens is 2. The van der Waals surface area contributed by atoms with Crippen LogP contribution in [0.15, 0.2) is 133 Å². The van der Waals surface area contributed by atoms with Gasteiger partial charge in [-0.15, -0.1) is 0 Å². The second kappa shape index (κ2) is 9.24. The predicted octanol–water partition coefficient (Wildman–Crippen LogP) is 9.29. The van der Waals surface area contributed by atoms with Crippen molar-refractivity contribution >= 4 is 43.6 Å². The van der Waals surface area contributed by atoms with Crippen molar-refractivity contribution < 1.29 is 0 Å². The Hall–Kier alpha value is -6.10. The van der Waals surface area contributed by atoms with Crippen LogP contribution < -0.4 is 0 Å². The van der Waals surface area contributed by atoms with Gasteiger partial charge in [-0.25, -0.2) is 0 Å². The normalized spacial score (nSPS) is 11.3. The second-order valence-electron chi connectivity index (χ2n) is 10.5. The summed E-state index contributed by atoms with van der Waals surface area (Å²) in [5.74, 6) is 0. The minimum Gasteiger partial charge on any atom is -0.309 e. The van der Waals surface area contributed by atoms with Crippen LogP contribution in [-0.2, 0) is 0 Å². The van der Waals surface area contributed by atoms with Crippen molar-refractivity contribution in [2.75, 3.05) is 0 Å². The van der Waals surface area contributed by atoms with E-state index in [-0.39, 0.29) is 0 Å². The number of hydrogen-bond donors (Lipinski definition) is 0. The van der Waals surface area contributed by atoms with E-state index >= 15 is 0 Å². The number of nitriles is 2. The highest BCUT2D eigenvalue weighted by Crippen LogP contribution is 2.38. The first-order valence-electron chi connectivity index (χ1n) is 13.8. The Morgan fingerprint density at radius 1 is 0.429 bits per heavy atom. The van der Waals surface area contributed by atoms with Crippen LogP contribution in [0.25, 0.3) is 66.1 Å². The van der Waals surface area contributed by atoms with Gasteiger partial charge in [0.05, 0.1) is 51.0 Å². The number of hydrogen-bond acceptors (Lipinski definition) is 2. The minimum absolute atomic E-state index is 0.612. The van der Waals surface area contributed by atoms with Gasteiger partial charge in [-0.3, -0.25) is 0 Å². The van der Waals surface area contributed by atoms with Crippen molar-refractivity contribution in [1.29, 1.82) is 10.5 Å². The third kappa shape index (κ3) is 3.47. The van der Waals surface area contributed by atoms with E-state index in [2.05, 4.69) is 112 Å². The molecule has 0 unspecified atom stereocenters. The van der Waals surface area contributed by atoms with Crippen LogP contribution in [0.2, 0.25) is 0 Å². The molecular weight excluding hydrogens is 512 g/mol. The van der Waals surface area contributed by atoms with Crippen LogP contribution in [0.3, 0.4) is 0 Å². The molecule has 2 aromatic heterocycles. The summed E-state index contributed by atoms with van der Waals surface area (Å²) in [6.45, 7) is 0. The SMILES string of the molecule is N#Cc1ccc(-n2c3ccccc3c3ccccc32)c(-c2cccc(-n3c4ccccc4c4cc(C#N)ccc43)c2)c1. The molecule has 0 fully saturated rings. The summed E-state index contributed by atoms with van der Waals surface area (Å²) in [5.41, 5.74) is 9.64. The Morgan fingerprint density at radius 3 is 1.64 bits per heavy atom. The van der Waals surface area contributed by atoms with E-state index in [1.54, 1.807) is 0 Å². The minimum atomic E-state index is 0.612. The molecule has 0 radical (unpaired) electrons. The van der Waals surface area contributed by atoms with Gasteiger partial charge in [0.25, 0.3) is 0 Å². The van der Waals surface area contributed by atoms with E-state index in [0.29, 0.717) is 11.1 Å². The van der Waals surface area contributed by atoms with Gasteiger partial charge in [-0.05, 0) is 72.3 Å². The van der Waals surface area contributed by atoms with E-state index in [0.717, 1.165) is 55.3 Å². The highest BCUT2D eigenvalue weighted by Gasteiger charge is 2.18. The fourth-order valence-corrected chi connectivity index (χ4v) is 6.35. The molecule has 0 bridgehead atoms. The molecule has 6 aromatic carbocycles. The molecule has 4 heteroatoms. The van der Waals surface area contributed by atoms with Gasteiger partial charge in [0.1, 0.15) is 0 Å². The number of fused-ring (bicyclic) bond motifs is 6. The molecule has 2 heterocycles. The molecule has 0 N–H and O–H groups in total. The first kappa shape index (κ1) is 23.8. The Balaban J connectivity index is 1.41. The third-order valence-corrected chi connectivity index (χ3v) is 8.16. The molecule has 0 spiro atoms. The molecule has 0 atom stereocenters. The van der Waals surface area contributed by atoms with Gasteiger partial charge < -0.3 is 9.13 Å². The molecule has 0 aliphatic heterocycles. The molecule has 0 amide bonds. The number of nitrogens with zero attached hydrogens (tertiary/aromatic N) is 4. The summed E-state index contributed by atoms with van der Waals surface area (Å²) < 4.78 is 4.56. The molecular formula is C38H22N4. The quantitative estimate of drug-likeness (QED) is 0.227. The average Bonchev–Trinajstić information content (AvgIpc) is 3.57. The first-order valence-corrected chi connectivity index (χ1v) is 13.8. The maximum atomic E-state index is 9.87. The maximum Gasteiger partial charge on any atom is 0.0991 e. The van der Waals surface area contributed by atoms with Gasteiger partial charge in [0.15, 0.2) is 0 Å². The largest absolute Gasteiger partial charge is 0.309 e. The lowest BCUT2D eigenvalue weighted by Gasteiger charge is -2.16. The Labute approximate surface area is 242 Å². The maximum absolute atomic E-state index is 9.87. The number of benzene rings is 6. The summed E-state index contributed by atoms with van der Waals surface area (Å²) in [6.07, 6.45) is 0. The summed E-state index contributed by atoms with van der Waals surface area (Å²) in [7, 11) is 0. The van der Waals surface area contributed by atoms with Gasteiger partial charge in [-0.1, -0.05) is 66.7 Å². The second-order valence-corrected chi connectivity index (χ2v) is 10.5. The lowest BCUT2D eigenvalue weighted by molar-refractivity contribution is 1.17. The summed E-state index contributed by atoms with van der Waals surface area (Å²) in [6, 6.07) is 50.2. The van der Waals surface area contributed by atoms with Gasteiger partial charge in [0.2, 0.25) is 0 Å². The third-order valence-electron chi connectivity index (χ3n) is 8.16. The molecule has 0 saturated heterocycles.